The Kier molecular flexibility index (Phi) is 5.37. The third kappa shape index (κ3) is 4.00. The maximum absolute atomic E-state index is 7.35. The molecule has 10 nitrogen and oxygen atoms in total. The Balaban J connectivity index is 1.20. The third-order valence-corrected chi connectivity index (χ3v) is 7.71. The first-order valence-corrected chi connectivity index (χ1v) is 12.2. The van der Waals surface area contributed by atoms with Crippen LogP contribution in [0.5, 0.6) is 5.88 Å². The summed E-state index contributed by atoms with van der Waals surface area (Å²) in [7, 11) is 3.44. The standard InChI is InChI=1S/C25H31N7O3/c1-27-19-11-15(3-4-18(19)32-26)17-12-28-21-20(17)22(33-2)31-23(30-21)29-16-5-7-25(8-6-16)34-13-24(9-10-24)14-35-25/h3-4,11-12,16,26-27H,5-10,13-14H2,1-2H3,(H2,28,29,30,31). The molecule has 6 rings (SSSR count). The zero-order valence-electron chi connectivity index (χ0n) is 20.1. The predicted molar refractivity (Wildman–Crippen MR) is 132 cm³/mol. The monoisotopic (exact) mass is 477 g/mol. The molecule has 1 aromatic carbocycles. The minimum absolute atomic E-state index is 0.251. The summed E-state index contributed by atoms with van der Waals surface area (Å²) in [6.07, 6.45) is 8.01. The number of ether oxygens (including phenoxy) is 3. The van der Waals surface area contributed by atoms with E-state index in [1.165, 1.54) is 12.8 Å². The molecule has 4 N–H and O–H groups in total. The summed E-state index contributed by atoms with van der Waals surface area (Å²) >= 11 is 0. The van der Waals surface area contributed by atoms with Gasteiger partial charge in [0.15, 0.2) is 5.79 Å². The predicted octanol–water partition coefficient (Wildman–Crippen LogP) is 5.22. The lowest BCUT2D eigenvalue weighted by atomic mass is 9.89. The first-order chi connectivity index (χ1) is 17.1. The average molecular weight is 478 g/mol. The summed E-state index contributed by atoms with van der Waals surface area (Å²) in [6, 6.07) is 5.96. The number of anilines is 2. The Labute approximate surface area is 203 Å². The van der Waals surface area contributed by atoms with Crippen LogP contribution in [0.1, 0.15) is 38.5 Å². The van der Waals surface area contributed by atoms with E-state index in [0.717, 1.165) is 61.1 Å². The molecule has 10 heteroatoms. The Morgan fingerprint density at radius 3 is 2.57 bits per heavy atom. The molecule has 0 bridgehead atoms. The molecule has 2 aliphatic carbocycles. The molecule has 1 aliphatic heterocycles. The molecule has 2 aromatic heterocycles. The Bertz CT molecular complexity index is 1250. The molecule has 3 heterocycles. The van der Waals surface area contributed by atoms with Gasteiger partial charge in [0.1, 0.15) is 11.3 Å². The van der Waals surface area contributed by atoms with Gasteiger partial charge in [-0.15, -0.1) is 0 Å². The molecule has 184 valence electrons. The molecular formula is C25H31N7O3. The first kappa shape index (κ1) is 22.2. The third-order valence-electron chi connectivity index (χ3n) is 7.71. The number of nitrogens with one attached hydrogen (secondary N) is 4. The SMILES string of the molecule is CNc1cc(-c2c[nH]c3nc(NC4CCC5(CC4)OCC4(CC4)CO5)nc(OC)c23)ccc1N=N. The average Bonchev–Trinajstić information content (AvgIpc) is 3.53. The maximum atomic E-state index is 7.35. The van der Waals surface area contributed by atoms with E-state index >= 15 is 0 Å². The van der Waals surface area contributed by atoms with E-state index in [1.807, 2.05) is 31.4 Å². The second-order valence-electron chi connectivity index (χ2n) is 9.98. The summed E-state index contributed by atoms with van der Waals surface area (Å²) in [5, 5.41) is 11.0. The van der Waals surface area contributed by atoms with Crippen molar-refractivity contribution in [2.75, 3.05) is 38.0 Å². The van der Waals surface area contributed by atoms with Crippen LogP contribution in [0.4, 0.5) is 17.3 Å². The summed E-state index contributed by atoms with van der Waals surface area (Å²) < 4.78 is 18.1. The van der Waals surface area contributed by atoms with E-state index in [-0.39, 0.29) is 6.04 Å². The smallest absolute Gasteiger partial charge is 0.228 e. The van der Waals surface area contributed by atoms with Crippen molar-refractivity contribution in [3.63, 3.8) is 0 Å². The van der Waals surface area contributed by atoms with Gasteiger partial charge in [0.25, 0.3) is 0 Å². The summed E-state index contributed by atoms with van der Waals surface area (Å²) in [5.74, 6) is 0.651. The number of hydrogen-bond acceptors (Lipinski definition) is 9. The van der Waals surface area contributed by atoms with Crippen LogP contribution in [0, 0.1) is 10.9 Å². The number of methoxy groups -OCH3 is 1. The van der Waals surface area contributed by atoms with Crippen molar-refractivity contribution in [3.05, 3.63) is 24.4 Å². The molecule has 0 amide bonds. The van der Waals surface area contributed by atoms with Crippen molar-refractivity contribution in [1.82, 2.24) is 15.0 Å². The Morgan fingerprint density at radius 2 is 1.91 bits per heavy atom. The number of benzene rings is 1. The summed E-state index contributed by atoms with van der Waals surface area (Å²) in [4.78, 5) is 12.7. The minimum Gasteiger partial charge on any atom is -0.480 e. The highest BCUT2D eigenvalue weighted by Crippen LogP contribution is 2.52. The van der Waals surface area contributed by atoms with Crippen molar-refractivity contribution in [3.8, 4) is 17.0 Å². The number of aromatic nitrogens is 3. The van der Waals surface area contributed by atoms with Crippen LogP contribution in [0.15, 0.2) is 29.5 Å². The molecule has 3 aliphatic rings. The quantitative estimate of drug-likeness (QED) is 0.358. The zero-order chi connectivity index (χ0) is 24.0. The fraction of sp³-hybridized carbons (Fsp3) is 0.520. The normalized spacial score (nSPS) is 20.7. The Morgan fingerprint density at radius 1 is 1.14 bits per heavy atom. The molecule has 0 atom stereocenters. The maximum Gasteiger partial charge on any atom is 0.228 e. The largest absolute Gasteiger partial charge is 0.480 e. The van der Waals surface area contributed by atoms with Crippen LogP contribution >= 0.6 is 0 Å². The van der Waals surface area contributed by atoms with Crippen molar-refractivity contribution >= 4 is 28.4 Å². The number of hydrogen-bond donors (Lipinski definition) is 4. The molecule has 0 radical (unpaired) electrons. The van der Waals surface area contributed by atoms with Crippen molar-refractivity contribution in [1.29, 1.82) is 5.53 Å². The van der Waals surface area contributed by atoms with Gasteiger partial charge >= 0.3 is 0 Å². The van der Waals surface area contributed by atoms with Gasteiger partial charge in [-0.2, -0.15) is 15.1 Å². The fourth-order valence-electron chi connectivity index (χ4n) is 5.23. The molecule has 0 unspecified atom stereocenters. The van der Waals surface area contributed by atoms with Gasteiger partial charge in [-0.05, 0) is 43.4 Å². The van der Waals surface area contributed by atoms with Crippen LogP contribution in [0.2, 0.25) is 0 Å². The van der Waals surface area contributed by atoms with E-state index < -0.39 is 5.79 Å². The van der Waals surface area contributed by atoms with Gasteiger partial charge in [0, 0.05) is 43.1 Å². The molecular weight excluding hydrogens is 446 g/mol. The van der Waals surface area contributed by atoms with Gasteiger partial charge in [-0.25, -0.2) is 5.53 Å². The molecule has 2 spiro atoms. The van der Waals surface area contributed by atoms with Crippen LogP contribution < -0.4 is 15.4 Å². The molecule has 3 fully saturated rings. The molecule has 35 heavy (non-hydrogen) atoms. The van der Waals surface area contributed by atoms with Crippen molar-refractivity contribution < 1.29 is 14.2 Å². The zero-order valence-corrected chi connectivity index (χ0v) is 20.1. The van der Waals surface area contributed by atoms with Crippen LogP contribution in [0.25, 0.3) is 22.2 Å². The van der Waals surface area contributed by atoms with Crippen molar-refractivity contribution in [2.45, 2.75) is 50.4 Å². The number of rotatable bonds is 6. The highest BCUT2D eigenvalue weighted by Gasteiger charge is 2.52. The van der Waals surface area contributed by atoms with Gasteiger partial charge in [-0.3, -0.25) is 0 Å². The van der Waals surface area contributed by atoms with E-state index in [2.05, 4.69) is 25.7 Å². The van der Waals surface area contributed by atoms with E-state index in [1.54, 1.807) is 7.11 Å². The second kappa shape index (κ2) is 8.46. The number of aromatic amines is 1. The fourth-order valence-corrected chi connectivity index (χ4v) is 5.23. The van der Waals surface area contributed by atoms with E-state index in [0.29, 0.717) is 28.6 Å². The highest BCUT2D eigenvalue weighted by atomic mass is 16.7. The van der Waals surface area contributed by atoms with E-state index in [9.17, 15) is 0 Å². The highest BCUT2D eigenvalue weighted by molar-refractivity contribution is 5.98. The van der Waals surface area contributed by atoms with Gasteiger partial charge in [0.2, 0.25) is 11.8 Å². The molecule has 1 saturated heterocycles. The van der Waals surface area contributed by atoms with Crippen LogP contribution in [-0.2, 0) is 9.47 Å². The van der Waals surface area contributed by atoms with Crippen LogP contribution in [-0.4, -0.2) is 54.2 Å². The molecule has 3 aromatic rings. The lowest BCUT2D eigenvalue weighted by Crippen LogP contribution is -2.48. The first-order valence-electron chi connectivity index (χ1n) is 12.2. The van der Waals surface area contributed by atoms with Crippen LogP contribution in [0.3, 0.4) is 0 Å². The minimum atomic E-state index is -0.405. The number of nitrogens with zero attached hydrogens (tertiary/aromatic N) is 3. The Hall–Kier alpha value is -3.24. The lowest BCUT2D eigenvalue weighted by molar-refractivity contribution is -0.300. The summed E-state index contributed by atoms with van der Waals surface area (Å²) in [6.45, 7) is 1.68. The second-order valence-corrected chi connectivity index (χ2v) is 9.98. The van der Waals surface area contributed by atoms with Crippen molar-refractivity contribution in [2.24, 2.45) is 10.5 Å². The lowest BCUT2D eigenvalue weighted by Gasteiger charge is -2.44. The molecule has 2 saturated carbocycles. The van der Waals surface area contributed by atoms with E-state index in [4.69, 9.17) is 24.7 Å². The van der Waals surface area contributed by atoms with Gasteiger partial charge < -0.3 is 29.8 Å². The van der Waals surface area contributed by atoms with Gasteiger partial charge in [0.05, 0.1) is 31.4 Å². The van der Waals surface area contributed by atoms with Gasteiger partial charge in [-0.1, -0.05) is 6.07 Å². The summed E-state index contributed by atoms with van der Waals surface area (Å²) in [5.41, 5.74) is 11.6. The number of fused-ring (bicyclic) bond motifs is 1. The topological polar surface area (TPSA) is 130 Å². The number of H-pyrrole nitrogens is 1.